The highest BCUT2D eigenvalue weighted by Gasteiger charge is 2.13. The molecular formula is C15H19N3O2S. The maximum Gasteiger partial charge on any atom is 0.221 e. The number of aromatic nitrogens is 1. The molecule has 3 N–H and O–H groups in total. The van der Waals surface area contributed by atoms with E-state index in [0.717, 1.165) is 16.4 Å². The van der Waals surface area contributed by atoms with Gasteiger partial charge in [-0.25, -0.2) is 4.98 Å². The van der Waals surface area contributed by atoms with Crippen molar-refractivity contribution in [1.29, 1.82) is 0 Å². The highest BCUT2D eigenvalue weighted by molar-refractivity contribution is 7.14. The first-order chi connectivity index (χ1) is 9.74. The van der Waals surface area contributed by atoms with Crippen LogP contribution in [0, 0.1) is 0 Å². The van der Waals surface area contributed by atoms with Crippen molar-refractivity contribution < 1.29 is 9.90 Å². The van der Waals surface area contributed by atoms with E-state index in [4.69, 9.17) is 0 Å². The maximum absolute atomic E-state index is 11.1. The summed E-state index contributed by atoms with van der Waals surface area (Å²) >= 11 is 1.52. The summed E-state index contributed by atoms with van der Waals surface area (Å²) in [6.45, 7) is 7.62. The molecular weight excluding hydrogens is 286 g/mol. The molecule has 2 rings (SSSR count). The lowest BCUT2D eigenvalue weighted by Crippen LogP contribution is -2.25. The van der Waals surface area contributed by atoms with Gasteiger partial charge in [-0.2, -0.15) is 0 Å². The molecule has 112 valence electrons. The van der Waals surface area contributed by atoms with Gasteiger partial charge in [-0.1, -0.05) is 0 Å². The Morgan fingerprint density at radius 1 is 1.33 bits per heavy atom. The second-order valence-electron chi connectivity index (χ2n) is 5.83. The zero-order valence-corrected chi connectivity index (χ0v) is 13.3. The van der Waals surface area contributed by atoms with Gasteiger partial charge in [0.15, 0.2) is 5.13 Å². The fraction of sp³-hybridized carbons (Fsp3) is 0.333. The number of carbonyl (C=O) groups is 1. The molecule has 0 saturated carbocycles. The molecule has 1 heterocycles. The molecule has 0 aliphatic carbocycles. The minimum atomic E-state index is -0.226. The number of carbonyl (C=O) groups excluding carboxylic acids is 1. The van der Waals surface area contributed by atoms with Crippen LogP contribution in [0.15, 0.2) is 23.6 Å². The Kier molecular flexibility index (Phi) is 4.18. The number of hydrogen-bond donors (Lipinski definition) is 3. The van der Waals surface area contributed by atoms with Crippen molar-refractivity contribution in [2.45, 2.75) is 33.2 Å². The Morgan fingerprint density at radius 2 is 2.05 bits per heavy atom. The number of hydrogen-bond acceptors (Lipinski definition) is 5. The molecule has 0 saturated heterocycles. The first-order valence-electron chi connectivity index (χ1n) is 6.59. The zero-order chi connectivity index (χ0) is 15.6. The van der Waals surface area contributed by atoms with Gasteiger partial charge in [0, 0.05) is 23.4 Å². The van der Waals surface area contributed by atoms with Gasteiger partial charge >= 0.3 is 0 Å². The number of benzene rings is 1. The maximum atomic E-state index is 11.1. The third-order valence-corrected chi connectivity index (χ3v) is 3.35. The number of aromatic hydroxyl groups is 1. The molecule has 2 aromatic rings. The third kappa shape index (κ3) is 4.19. The lowest BCUT2D eigenvalue weighted by molar-refractivity contribution is -0.114. The third-order valence-electron chi connectivity index (χ3n) is 2.59. The van der Waals surface area contributed by atoms with Crippen molar-refractivity contribution in [2.75, 3.05) is 10.6 Å². The molecule has 1 amide bonds. The second kappa shape index (κ2) is 5.73. The number of phenolic OH excluding ortho intramolecular Hbond substituents is 1. The quantitative estimate of drug-likeness (QED) is 0.756. The van der Waals surface area contributed by atoms with Crippen molar-refractivity contribution >= 4 is 28.1 Å². The largest absolute Gasteiger partial charge is 0.506 e. The van der Waals surface area contributed by atoms with E-state index in [0.29, 0.717) is 5.69 Å². The van der Waals surface area contributed by atoms with Crippen LogP contribution >= 0.6 is 11.3 Å². The predicted molar refractivity (Wildman–Crippen MR) is 86.9 cm³/mol. The highest BCUT2D eigenvalue weighted by Crippen LogP contribution is 2.32. The Labute approximate surface area is 128 Å². The van der Waals surface area contributed by atoms with Crippen LogP contribution in [0.4, 0.5) is 10.8 Å². The summed E-state index contributed by atoms with van der Waals surface area (Å²) in [7, 11) is 0. The van der Waals surface area contributed by atoms with Gasteiger partial charge < -0.3 is 15.7 Å². The lowest BCUT2D eigenvalue weighted by Gasteiger charge is -2.19. The number of rotatable bonds is 3. The first kappa shape index (κ1) is 15.3. The summed E-state index contributed by atoms with van der Waals surface area (Å²) in [6.07, 6.45) is 0. The molecule has 1 aromatic heterocycles. The molecule has 6 heteroatoms. The normalized spacial score (nSPS) is 11.2. The SMILES string of the molecule is CC(=O)Nc1cc(-c2csc(NC(C)(C)C)n2)ccc1O. The molecule has 0 radical (unpaired) electrons. The summed E-state index contributed by atoms with van der Waals surface area (Å²) in [5.74, 6) is -0.187. The average molecular weight is 305 g/mol. The fourth-order valence-corrected chi connectivity index (χ4v) is 2.70. The van der Waals surface area contributed by atoms with Gasteiger partial charge in [0.25, 0.3) is 0 Å². The molecule has 1 aromatic carbocycles. The summed E-state index contributed by atoms with van der Waals surface area (Å²) in [4.78, 5) is 15.7. The Bertz CT molecular complexity index is 659. The summed E-state index contributed by atoms with van der Waals surface area (Å²) < 4.78 is 0. The van der Waals surface area contributed by atoms with Crippen molar-refractivity contribution in [2.24, 2.45) is 0 Å². The van der Waals surface area contributed by atoms with Crippen molar-refractivity contribution in [3.05, 3.63) is 23.6 Å². The van der Waals surface area contributed by atoms with Gasteiger partial charge in [-0.15, -0.1) is 11.3 Å². The number of amides is 1. The van der Waals surface area contributed by atoms with E-state index in [2.05, 4.69) is 36.4 Å². The monoisotopic (exact) mass is 305 g/mol. The average Bonchev–Trinajstić information content (AvgIpc) is 2.77. The molecule has 0 unspecified atom stereocenters. The topological polar surface area (TPSA) is 74.2 Å². The highest BCUT2D eigenvalue weighted by atomic mass is 32.1. The molecule has 5 nitrogen and oxygen atoms in total. The fourth-order valence-electron chi connectivity index (χ4n) is 1.77. The molecule has 0 fully saturated rings. The predicted octanol–water partition coefficient (Wildman–Crippen LogP) is 3.68. The van der Waals surface area contributed by atoms with Crippen molar-refractivity contribution in [1.82, 2.24) is 4.98 Å². The van der Waals surface area contributed by atoms with E-state index in [1.165, 1.54) is 18.3 Å². The van der Waals surface area contributed by atoms with Crippen LogP contribution in [-0.2, 0) is 4.79 Å². The number of anilines is 2. The minimum Gasteiger partial charge on any atom is -0.506 e. The number of nitrogens with zero attached hydrogens (tertiary/aromatic N) is 1. The summed E-state index contributed by atoms with van der Waals surface area (Å²) in [6, 6.07) is 5.04. The first-order valence-corrected chi connectivity index (χ1v) is 7.47. The molecule has 0 spiro atoms. The van der Waals surface area contributed by atoms with Gasteiger partial charge in [0.2, 0.25) is 5.91 Å². The van der Waals surface area contributed by atoms with E-state index in [-0.39, 0.29) is 17.2 Å². The van der Waals surface area contributed by atoms with Gasteiger partial charge in [0.1, 0.15) is 5.75 Å². The minimum absolute atomic E-state index is 0.0391. The van der Waals surface area contributed by atoms with Crippen LogP contribution < -0.4 is 10.6 Å². The van der Waals surface area contributed by atoms with E-state index >= 15 is 0 Å². The van der Waals surface area contributed by atoms with Crippen LogP contribution in [0.5, 0.6) is 5.75 Å². The van der Waals surface area contributed by atoms with Gasteiger partial charge in [0.05, 0.1) is 11.4 Å². The van der Waals surface area contributed by atoms with Crippen molar-refractivity contribution in [3.63, 3.8) is 0 Å². The Balaban J connectivity index is 2.28. The van der Waals surface area contributed by atoms with Crippen LogP contribution in [-0.4, -0.2) is 21.5 Å². The molecule has 21 heavy (non-hydrogen) atoms. The Morgan fingerprint density at radius 3 is 2.67 bits per heavy atom. The van der Waals surface area contributed by atoms with Gasteiger partial charge in [-0.3, -0.25) is 4.79 Å². The second-order valence-corrected chi connectivity index (χ2v) is 6.68. The number of thiazole rings is 1. The molecule has 0 aliphatic heterocycles. The van der Waals surface area contributed by atoms with Crippen molar-refractivity contribution in [3.8, 4) is 17.0 Å². The lowest BCUT2D eigenvalue weighted by atomic mass is 10.1. The van der Waals surface area contributed by atoms with E-state index in [1.807, 2.05) is 5.38 Å². The smallest absolute Gasteiger partial charge is 0.221 e. The molecule has 0 bridgehead atoms. The van der Waals surface area contributed by atoms with Crippen LogP contribution in [0.25, 0.3) is 11.3 Å². The van der Waals surface area contributed by atoms with E-state index < -0.39 is 0 Å². The van der Waals surface area contributed by atoms with E-state index in [1.54, 1.807) is 18.2 Å². The zero-order valence-electron chi connectivity index (χ0n) is 12.5. The number of nitrogens with one attached hydrogen (secondary N) is 2. The number of phenols is 1. The standard InChI is InChI=1S/C15H19N3O2S/c1-9(19)16-11-7-10(5-6-13(11)20)12-8-21-14(17-12)18-15(2,3)4/h5-8,20H,1-4H3,(H,16,19)(H,17,18). The molecule has 0 aliphatic rings. The molecule has 0 atom stereocenters. The van der Waals surface area contributed by atoms with Crippen LogP contribution in [0.1, 0.15) is 27.7 Å². The van der Waals surface area contributed by atoms with Crippen LogP contribution in [0.2, 0.25) is 0 Å². The summed E-state index contributed by atoms with van der Waals surface area (Å²) in [5, 5.41) is 18.4. The Hall–Kier alpha value is -2.08. The summed E-state index contributed by atoms with van der Waals surface area (Å²) in [5.41, 5.74) is 1.98. The van der Waals surface area contributed by atoms with Gasteiger partial charge in [-0.05, 0) is 39.0 Å². The van der Waals surface area contributed by atoms with Crippen LogP contribution in [0.3, 0.4) is 0 Å². The van der Waals surface area contributed by atoms with E-state index in [9.17, 15) is 9.90 Å².